The van der Waals surface area contributed by atoms with Crippen molar-refractivity contribution in [3.63, 3.8) is 0 Å². The van der Waals surface area contributed by atoms with Crippen LogP contribution in [0.1, 0.15) is 11.1 Å². The van der Waals surface area contributed by atoms with Gasteiger partial charge >= 0.3 is 7.48 Å². The van der Waals surface area contributed by atoms with Gasteiger partial charge < -0.3 is 9.45 Å². The van der Waals surface area contributed by atoms with E-state index in [1.807, 2.05) is 60.7 Å². The predicted molar refractivity (Wildman–Crippen MR) is 85.5 cm³/mol. The number of rotatable bonds is 8. The first-order valence-corrected chi connectivity index (χ1v) is 6.90. The first-order valence-electron chi connectivity index (χ1n) is 6.90. The summed E-state index contributed by atoms with van der Waals surface area (Å²) in [6.07, 6.45) is 3.47. The summed E-state index contributed by atoms with van der Waals surface area (Å²) in [6.45, 7) is 0. The van der Waals surface area contributed by atoms with Crippen molar-refractivity contribution in [3.8, 4) is 0 Å². The molecule has 0 bridgehead atoms. The molecule has 105 valence electrons. The van der Waals surface area contributed by atoms with Gasteiger partial charge in [-0.1, -0.05) is 66.2 Å². The summed E-state index contributed by atoms with van der Waals surface area (Å²) in [5.41, 5.74) is 2.25. The summed E-state index contributed by atoms with van der Waals surface area (Å²) < 4.78 is 5.23. The quantitative estimate of drug-likeness (QED) is 0.245. The van der Waals surface area contributed by atoms with E-state index in [9.17, 15) is 4.79 Å². The number of hydrogen-bond donors (Lipinski definition) is 0. The molecular formula is C17H17BNO2. The molecule has 4 heteroatoms. The van der Waals surface area contributed by atoms with Gasteiger partial charge in [0, 0.05) is 6.42 Å². The molecule has 2 aromatic rings. The third kappa shape index (κ3) is 5.65. The Hall–Kier alpha value is -2.36. The lowest BCUT2D eigenvalue weighted by molar-refractivity contribution is -0.108. The number of carbonyl (C=O) groups is 1. The van der Waals surface area contributed by atoms with Gasteiger partial charge in [0.25, 0.3) is 0 Å². The molecule has 21 heavy (non-hydrogen) atoms. The maximum absolute atomic E-state index is 11.0. The molecule has 2 rings (SSSR count). The lowest BCUT2D eigenvalue weighted by Crippen LogP contribution is -2.11. The molecule has 0 spiro atoms. The Balaban J connectivity index is 1.73. The number of benzene rings is 2. The summed E-state index contributed by atoms with van der Waals surface area (Å²) >= 11 is 0. The van der Waals surface area contributed by atoms with Crippen LogP contribution in [0.2, 0.25) is 0 Å². The number of aldehydes is 1. The normalized spacial score (nSPS) is 12.0. The SMILES string of the molecule is O=C[C@H](Cc1ccccc1)N=CO[B]Cc1ccccc1. The minimum Gasteiger partial charge on any atom is -0.555 e. The summed E-state index contributed by atoms with van der Waals surface area (Å²) in [6, 6.07) is 19.4. The van der Waals surface area contributed by atoms with Gasteiger partial charge in [-0.25, -0.2) is 4.99 Å². The van der Waals surface area contributed by atoms with E-state index >= 15 is 0 Å². The number of carbonyl (C=O) groups excluding carboxylic acids is 1. The number of aliphatic imine (C=N–C) groups is 1. The van der Waals surface area contributed by atoms with Crippen molar-refractivity contribution in [1.82, 2.24) is 0 Å². The fourth-order valence-corrected chi connectivity index (χ4v) is 1.91. The predicted octanol–water partition coefficient (Wildman–Crippen LogP) is 2.66. The summed E-state index contributed by atoms with van der Waals surface area (Å²) in [7, 11) is 1.67. The van der Waals surface area contributed by atoms with Crippen LogP contribution in [0.3, 0.4) is 0 Å². The molecule has 0 fully saturated rings. The van der Waals surface area contributed by atoms with Crippen LogP contribution in [0.25, 0.3) is 0 Å². The van der Waals surface area contributed by atoms with Crippen LogP contribution in [-0.4, -0.2) is 26.2 Å². The highest BCUT2D eigenvalue weighted by atomic mass is 16.4. The van der Waals surface area contributed by atoms with E-state index in [0.717, 1.165) is 11.8 Å². The Labute approximate surface area is 126 Å². The highest BCUT2D eigenvalue weighted by Crippen LogP contribution is 2.04. The van der Waals surface area contributed by atoms with Gasteiger partial charge in [-0.15, -0.1) is 0 Å². The molecule has 1 radical (unpaired) electrons. The van der Waals surface area contributed by atoms with Crippen molar-refractivity contribution in [2.75, 3.05) is 0 Å². The lowest BCUT2D eigenvalue weighted by Gasteiger charge is -2.05. The monoisotopic (exact) mass is 278 g/mol. The molecule has 0 saturated carbocycles. The second-order valence-electron chi connectivity index (χ2n) is 4.64. The van der Waals surface area contributed by atoms with E-state index in [1.165, 1.54) is 12.0 Å². The van der Waals surface area contributed by atoms with Crippen LogP contribution >= 0.6 is 0 Å². The zero-order valence-corrected chi connectivity index (χ0v) is 11.8. The summed E-state index contributed by atoms with van der Waals surface area (Å²) in [4.78, 5) is 15.1. The summed E-state index contributed by atoms with van der Waals surface area (Å²) in [5, 5.41) is 0. The maximum atomic E-state index is 11.0. The van der Waals surface area contributed by atoms with Gasteiger partial charge in [-0.3, -0.25) is 0 Å². The van der Waals surface area contributed by atoms with Gasteiger partial charge in [0.15, 0.2) is 6.40 Å². The Morgan fingerprint density at radius 1 is 1.00 bits per heavy atom. The van der Waals surface area contributed by atoms with Gasteiger partial charge in [-0.05, 0) is 11.9 Å². The molecule has 0 heterocycles. The van der Waals surface area contributed by atoms with Gasteiger partial charge in [0.1, 0.15) is 12.3 Å². The second-order valence-corrected chi connectivity index (χ2v) is 4.64. The number of nitrogens with zero attached hydrogens (tertiary/aromatic N) is 1. The van der Waals surface area contributed by atoms with E-state index < -0.39 is 6.04 Å². The Morgan fingerprint density at radius 3 is 2.24 bits per heavy atom. The molecule has 0 N–H and O–H groups in total. The lowest BCUT2D eigenvalue weighted by atomic mass is 9.90. The molecule has 0 aliphatic rings. The molecule has 0 unspecified atom stereocenters. The topological polar surface area (TPSA) is 38.7 Å². The van der Waals surface area contributed by atoms with Crippen molar-refractivity contribution in [3.05, 3.63) is 71.8 Å². The zero-order chi connectivity index (χ0) is 14.8. The Kier molecular flexibility index (Phi) is 6.26. The smallest absolute Gasteiger partial charge is 0.375 e. The Bertz CT molecular complexity index is 558. The maximum Gasteiger partial charge on any atom is 0.375 e. The van der Waals surface area contributed by atoms with Crippen LogP contribution in [0, 0.1) is 0 Å². The van der Waals surface area contributed by atoms with Crippen molar-refractivity contribution < 1.29 is 9.45 Å². The van der Waals surface area contributed by atoms with Crippen LogP contribution < -0.4 is 0 Å². The number of hydrogen-bond acceptors (Lipinski definition) is 3. The van der Waals surface area contributed by atoms with Crippen LogP contribution in [0.15, 0.2) is 65.7 Å². The molecule has 0 aromatic heterocycles. The highest BCUT2D eigenvalue weighted by molar-refractivity contribution is 6.29. The van der Waals surface area contributed by atoms with E-state index in [-0.39, 0.29) is 0 Å². The Morgan fingerprint density at radius 2 is 1.62 bits per heavy atom. The van der Waals surface area contributed by atoms with E-state index in [4.69, 9.17) is 4.65 Å². The van der Waals surface area contributed by atoms with Gasteiger partial charge in [-0.2, -0.15) is 0 Å². The third-order valence-electron chi connectivity index (χ3n) is 3.02. The highest BCUT2D eigenvalue weighted by Gasteiger charge is 2.05. The van der Waals surface area contributed by atoms with Crippen LogP contribution in [0.4, 0.5) is 0 Å². The van der Waals surface area contributed by atoms with Crippen molar-refractivity contribution >= 4 is 20.2 Å². The first kappa shape index (κ1) is 15.0. The fraction of sp³-hybridized carbons (Fsp3) is 0.176. The zero-order valence-electron chi connectivity index (χ0n) is 11.8. The molecule has 0 saturated heterocycles. The van der Waals surface area contributed by atoms with Crippen LogP contribution in [0.5, 0.6) is 0 Å². The van der Waals surface area contributed by atoms with Crippen molar-refractivity contribution in [1.29, 1.82) is 0 Å². The second kappa shape index (κ2) is 8.74. The van der Waals surface area contributed by atoms with E-state index in [0.29, 0.717) is 12.7 Å². The molecular weight excluding hydrogens is 261 g/mol. The summed E-state index contributed by atoms with van der Waals surface area (Å²) in [5.74, 6) is 0. The average Bonchev–Trinajstić information content (AvgIpc) is 2.55. The molecule has 0 aliphatic carbocycles. The molecule has 3 nitrogen and oxygen atoms in total. The van der Waals surface area contributed by atoms with E-state index in [2.05, 4.69) is 4.99 Å². The minimum atomic E-state index is -0.405. The van der Waals surface area contributed by atoms with E-state index in [1.54, 1.807) is 7.48 Å². The fourth-order valence-electron chi connectivity index (χ4n) is 1.91. The van der Waals surface area contributed by atoms with Crippen molar-refractivity contribution in [2.45, 2.75) is 18.8 Å². The minimum absolute atomic E-state index is 0.405. The first-order chi connectivity index (χ1) is 10.4. The standard InChI is InChI=1S/C17H17BNO2/c20-13-17(11-15-7-3-1-4-8-15)19-14-21-18-12-16-9-5-2-6-10-16/h1-10,13-14,17H,11-12H2/t17-/m0/s1. The molecule has 0 amide bonds. The molecule has 2 aromatic carbocycles. The van der Waals surface area contributed by atoms with Crippen molar-refractivity contribution in [2.24, 2.45) is 4.99 Å². The largest absolute Gasteiger partial charge is 0.555 e. The van der Waals surface area contributed by atoms with Crippen LogP contribution in [-0.2, 0) is 22.2 Å². The average molecular weight is 278 g/mol. The molecule has 0 aliphatic heterocycles. The molecule has 1 atom stereocenters. The van der Waals surface area contributed by atoms with Gasteiger partial charge in [0.2, 0.25) is 0 Å². The van der Waals surface area contributed by atoms with Gasteiger partial charge in [0.05, 0.1) is 0 Å². The third-order valence-corrected chi connectivity index (χ3v) is 3.02.